The molecule has 2 aromatic rings. The SMILES string of the molecule is CSc1ccc(NC(=O)COC(=O)c2c(F)cccc2Cl)cc1. The molecule has 0 saturated heterocycles. The Hall–Kier alpha value is -2.05. The van der Waals surface area contributed by atoms with Gasteiger partial charge in [-0.25, -0.2) is 9.18 Å². The van der Waals surface area contributed by atoms with Crippen molar-refractivity contribution >= 4 is 40.9 Å². The van der Waals surface area contributed by atoms with Gasteiger partial charge in [0.05, 0.1) is 5.02 Å². The summed E-state index contributed by atoms with van der Waals surface area (Å²) >= 11 is 7.34. The van der Waals surface area contributed by atoms with Gasteiger partial charge in [-0.15, -0.1) is 11.8 Å². The highest BCUT2D eigenvalue weighted by Crippen LogP contribution is 2.20. The Morgan fingerprint density at radius 1 is 1.22 bits per heavy atom. The first kappa shape index (κ1) is 17.3. The van der Waals surface area contributed by atoms with E-state index in [0.29, 0.717) is 5.69 Å². The molecule has 2 rings (SSSR count). The number of carbonyl (C=O) groups excluding carboxylic acids is 2. The van der Waals surface area contributed by atoms with Gasteiger partial charge in [0, 0.05) is 10.6 Å². The second kappa shape index (κ2) is 7.99. The number of hydrogen-bond donors (Lipinski definition) is 1. The third kappa shape index (κ3) is 4.71. The van der Waals surface area contributed by atoms with Crippen LogP contribution in [0.2, 0.25) is 5.02 Å². The molecular weight excluding hydrogens is 341 g/mol. The fourth-order valence-electron chi connectivity index (χ4n) is 1.77. The Labute approximate surface area is 142 Å². The van der Waals surface area contributed by atoms with Crippen LogP contribution in [-0.4, -0.2) is 24.7 Å². The van der Waals surface area contributed by atoms with Crippen molar-refractivity contribution in [2.24, 2.45) is 0 Å². The van der Waals surface area contributed by atoms with E-state index in [-0.39, 0.29) is 10.6 Å². The molecule has 1 N–H and O–H groups in total. The first-order chi connectivity index (χ1) is 11.0. The van der Waals surface area contributed by atoms with Crippen LogP contribution in [0.4, 0.5) is 10.1 Å². The van der Waals surface area contributed by atoms with Crippen molar-refractivity contribution < 1.29 is 18.7 Å². The van der Waals surface area contributed by atoms with Crippen LogP contribution in [0, 0.1) is 5.82 Å². The molecule has 120 valence electrons. The summed E-state index contributed by atoms with van der Waals surface area (Å²) in [4.78, 5) is 24.6. The van der Waals surface area contributed by atoms with E-state index >= 15 is 0 Å². The van der Waals surface area contributed by atoms with Gasteiger partial charge in [-0.05, 0) is 42.7 Å². The topological polar surface area (TPSA) is 55.4 Å². The van der Waals surface area contributed by atoms with Crippen LogP contribution in [0.15, 0.2) is 47.4 Å². The molecular formula is C16H13ClFNO3S. The molecule has 1 amide bonds. The average Bonchev–Trinajstić information content (AvgIpc) is 2.53. The maximum absolute atomic E-state index is 13.6. The van der Waals surface area contributed by atoms with Gasteiger partial charge >= 0.3 is 5.97 Å². The molecule has 0 aliphatic rings. The molecule has 7 heteroatoms. The Morgan fingerprint density at radius 3 is 2.52 bits per heavy atom. The summed E-state index contributed by atoms with van der Waals surface area (Å²) in [5.74, 6) is -2.31. The number of carbonyl (C=O) groups is 2. The van der Waals surface area contributed by atoms with Crippen molar-refractivity contribution in [1.82, 2.24) is 0 Å². The molecule has 0 aliphatic carbocycles. The van der Waals surface area contributed by atoms with Crippen molar-refractivity contribution in [2.75, 3.05) is 18.2 Å². The Kier molecular flexibility index (Phi) is 6.01. The van der Waals surface area contributed by atoms with Gasteiger partial charge in [0.15, 0.2) is 6.61 Å². The first-order valence-corrected chi connectivity index (χ1v) is 8.16. The van der Waals surface area contributed by atoms with Crippen LogP contribution in [0.5, 0.6) is 0 Å². The molecule has 23 heavy (non-hydrogen) atoms. The molecule has 0 fully saturated rings. The second-order valence-corrected chi connectivity index (χ2v) is 5.74. The van der Waals surface area contributed by atoms with E-state index in [2.05, 4.69) is 5.32 Å². The Bertz CT molecular complexity index is 702. The molecule has 0 aliphatic heterocycles. The molecule has 0 saturated carbocycles. The number of anilines is 1. The summed E-state index contributed by atoms with van der Waals surface area (Å²) in [6.07, 6.45) is 1.95. The standard InChI is InChI=1S/C16H13ClFNO3S/c1-23-11-7-5-10(6-8-11)19-14(20)9-22-16(21)15-12(17)3-2-4-13(15)18/h2-8H,9H2,1H3,(H,19,20). The molecule has 0 unspecified atom stereocenters. The number of thioether (sulfide) groups is 1. The lowest BCUT2D eigenvalue weighted by Gasteiger charge is -2.08. The number of ether oxygens (including phenoxy) is 1. The lowest BCUT2D eigenvalue weighted by molar-refractivity contribution is -0.119. The number of rotatable bonds is 5. The van der Waals surface area contributed by atoms with Gasteiger partial charge in [-0.3, -0.25) is 4.79 Å². The highest BCUT2D eigenvalue weighted by atomic mass is 35.5. The predicted octanol–water partition coefficient (Wildman–Crippen LogP) is 4.00. The second-order valence-electron chi connectivity index (χ2n) is 4.45. The summed E-state index contributed by atoms with van der Waals surface area (Å²) in [6, 6.07) is 11.0. The smallest absolute Gasteiger partial charge is 0.343 e. The van der Waals surface area contributed by atoms with E-state index in [1.165, 1.54) is 12.1 Å². The van der Waals surface area contributed by atoms with E-state index < -0.39 is 24.3 Å². The third-order valence-corrected chi connectivity index (χ3v) is 3.93. The van der Waals surface area contributed by atoms with Gasteiger partial charge in [0.1, 0.15) is 11.4 Å². The first-order valence-electron chi connectivity index (χ1n) is 6.56. The maximum atomic E-state index is 13.6. The van der Waals surface area contributed by atoms with Crippen molar-refractivity contribution in [1.29, 1.82) is 0 Å². The van der Waals surface area contributed by atoms with Gasteiger partial charge in [0.2, 0.25) is 0 Å². The fraction of sp³-hybridized carbons (Fsp3) is 0.125. The molecule has 2 aromatic carbocycles. The van der Waals surface area contributed by atoms with Crippen molar-refractivity contribution in [3.8, 4) is 0 Å². The number of nitrogens with one attached hydrogen (secondary N) is 1. The number of esters is 1. The molecule has 0 aromatic heterocycles. The minimum atomic E-state index is -0.985. The number of benzene rings is 2. The van der Waals surface area contributed by atoms with Gasteiger partial charge in [-0.2, -0.15) is 0 Å². The zero-order valence-corrected chi connectivity index (χ0v) is 13.7. The number of hydrogen-bond acceptors (Lipinski definition) is 4. The zero-order chi connectivity index (χ0) is 16.8. The quantitative estimate of drug-likeness (QED) is 0.652. The number of halogens is 2. The normalized spacial score (nSPS) is 10.2. The maximum Gasteiger partial charge on any atom is 0.343 e. The summed E-state index contributed by atoms with van der Waals surface area (Å²) in [5.41, 5.74) is 0.194. The molecule has 0 heterocycles. The van der Waals surface area contributed by atoms with Crippen molar-refractivity contribution in [3.63, 3.8) is 0 Å². The lowest BCUT2D eigenvalue weighted by atomic mass is 10.2. The number of amides is 1. The molecule has 0 atom stereocenters. The Morgan fingerprint density at radius 2 is 1.91 bits per heavy atom. The summed E-state index contributed by atoms with van der Waals surface area (Å²) in [6.45, 7) is -0.534. The predicted molar refractivity (Wildman–Crippen MR) is 88.5 cm³/mol. The fourth-order valence-corrected chi connectivity index (χ4v) is 2.42. The van der Waals surface area contributed by atoms with E-state index in [1.807, 2.05) is 18.4 Å². The lowest BCUT2D eigenvalue weighted by Crippen LogP contribution is -2.21. The van der Waals surface area contributed by atoms with E-state index in [1.54, 1.807) is 23.9 Å². The van der Waals surface area contributed by atoms with E-state index in [9.17, 15) is 14.0 Å². The summed E-state index contributed by atoms with van der Waals surface area (Å²) < 4.78 is 18.3. The van der Waals surface area contributed by atoms with Crippen LogP contribution >= 0.6 is 23.4 Å². The average molecular weight is 354 g/mol. The third-order valence-electron chi connectivity index (χ3n) is 2.88. The Balaban J connectivity index is 1.92. The van der Waals surface area contributed by atoms with Crippen molar-refractivity contribution in [3.05, 3.63) is 58.9 Å². The zero-order valence-electron chi connectivity index (χ0n) is 12.1. The van der Waals surface area contributed by atoms with Crippen LogP contribution in [-0.2, 0) is 9.53 Å². The molecule has 0 spiro atoms. The summed E-state index contributed by atoms with van der Waals surface area (Å²) in [7, 11) is 0. The van der Waals surface area contributed by atoms with Crippen LogP contribution in [0.25, 0.3) is 0 Å². The van der Waals surface area contributed by atoms with Gasteiger partial charge in [0.25, 0.3) is 5.91 Å². The minimum absolute atomic E-state index is 0.0666. The van der Waals surface area contributed by atoms with E-state index in [0.717, 1.165) is 11.0 Å². The van der Waals surface area contributed by atoms with Crippen molar-refractivity contribution in [2.45, 2.75) is 4.90 Å². The summed E-state index contributed by atoms with van der Waals surface area (Å²) in [5, 5.41) is 2.51. The van der Waals surface area contributed by atoms with Gasteiger partial charge < -0.3 is 10.1 Å². The van der Waals surface area contributed by atoms with Crippen LogP contribution in [0.3, 0.4) is 0 Å². The van der Waals surface area contributed by atoms with Gasteiger partial charge in [-0.1, -0.05) is 17.7 Å². The van der Waals surface area contributed by atoms with E-state index in [4.69, 9.17) is 16.3 Å². The largest absolute Gasteiger partial charge is 0.452 e. The highest BCUT2D eigenvalue weighted by molar-refractivity contribution is 7.98. The monoisotopic (exact) mass is 353 g/mol. The highest BCUT2D eigenvalue weighted by Gasteiger charge is 2.18. The minimum Gasteiger partial charge on any atom is -0.452 e. The molecule has 0 radical (unpaired) electrons. The molecule has 4 nitrogen and oxygen atoms in total. The van der Waals surface area contributed by atoms with Crippen LogP contribution in [0.1, 0.15) is 10.4 Å². The molecule has 0 bridgehead atoms. The van der Waals surface area contributed by atoms with Crippen LogP contribution < -0.4 is 5.32 Å².